The maximum absolute atomic E-state index is 5.53. The van der Waals surface area contributed by atoms with Crippen molar-refractivity contribution in [1.82, 2.24) is 9.97 Å². The second-order valence-electron chi connectivity index (χ2n) is 8.48. The minimum Gasteiger partial charge on any atom is -0.370 e. The van der Waals surface area contributed by atoms with Crippen LogP contribution in [0.25, 0.3) is 10.2 Å². The van der Waals surface area contributed by atoms with Crippen molar-refractivity contribution in [2.75, 3.05) is 37.7 Å². The topological polar surface area (TPSA) is 42.7 Å². The van der Waals surface area contributed by atoms with Gasteiger partial charge in [0, 0.05) is 18.0 Å². The molecule has 6 heteroatoms. The van der Waals surface area contributed by atoms with E-state index >= 15 is 0 Å². The molecule has 1 aromatic carbocycles. The lowest BCUT2D eigenvalue weighted by Crippen LogP contribution is -3.12. The molecule has 1 N–H and O–H groups in total. The van der Waals surface area contributed by atoms with Gasteiger partial charge in [-0.1, -0.05) is 24.3 Å². The SMILES string of the molecule is c1ccc2c(c1)CCN(c1nc(C[NH+]3CCOCC3)nc3sc4c(c13)CCC4)C2. The van der Waals surface area contributed by atoms with Crippen LogP contribution in [0.1, 0.15) is 33.8 Å². The number of anilines is 1. The molecule has 0 spiro atoms. The van der Waals surface area contributed by atoms with E-state index in [0.29, 0.717) is 0 Å². The first-order chi connectivity index (χ1) is 14.3. The van der Waals surface area contributed by atoms with E-state index in [1.54, 1.807) is 4.88 Å². The molecule has 3 aromatic rings. The largest absolute Gasteiger partial charge is 0.370 e. The molecule has 0 amide bonds. The summed E-state index contributed by atoms with van der Waals surface area (Å²) in [4.78, 5) is 17.1. The average molecular weight is 408 g/mol. The number of thiophene rings is 1. The number of rotatable bonds is 3. The van der Waals surface area contributed by atoms with Crippen LogP contribution in [0.3, 0.4) is 0 Å². The molecule has 0 radical (unpaired) electrons. The Morgan fingerprint density at radius 3 is 2.79 bits per heavy atom. The third kappa shape index (κ3) is 3.23. The van der Waals surface area contributed by atoms with Crippen LogP contribution in [0.4, 0.5) is 5.82 Å². The van der Waals surface area contributed by atoms with E-state index in [1.807, 2.05) is 11.3 Å². The van der Waals surface area contributed by atoms with Crippen LogP contribution < -0.4 is 9.80 Å². The van der Waals surface area contributed by atoms with Gasteiger partial charge in [0.05, 0.1) is 18.6 Å². The number of benzene rings is 1. The summed E-state index contributed by atoms with van der Waals surface area (Å²) in [6.45, 7) is 6.69. The van der Waals surface area contributed by atoms with E-state index < -0.39 is 0 Å². The third-order valence-corrected chi connectivity index (χ3v) is 7.82. The van der Waals surface area contributed by atoms with Crippen LogP contribution in [0.15, 0.2) is 24.3 Å². The van der Waals surface area contributed by atoms with Crippen molar-refractivity contribution in [3.05, 3.63) is 51.7 Å². The molecule has 4 heterocycles. The highest BCUT2D eigenvalue weighted by atomic mass is 32.1. The molecule has 6 rings (SSSR count). The number of aromatic nitrogens is 2. The van der Waals surface area contributed by atoms with Crippen molar-refractivity contribution in [3.63, 3.8) is 0 Å². The lowest BCUT2D eigenvalue weighted by Gasteiger charge is -2.31. The fourth-order valence-electron chi connectivity index (χ4n) is 5.06. The summed E-state index contributed by atoms with van der Waals surface area (Å²) >= 11 is 1.91. The molecule has 1 aliphatic carbocycles. The van der Waals surface area contributed by atoms with Gasteiger partial charge < -0.3 is 14.5 Å². The van der Waals surface area contributed by atoms with Gasteiger partial charge in [0.25, 0.3) is 0 Å². The summed E-state index contributed by atoms with van der Waals surface area (Å²) < 4.78 is 5.53. The number of quaternary nitrogens is 1. The van der Waals surface area contributed by atoms with Crippen LogP contribution in [-0.2, 0) is 37.1 Å². The van der Waals surface area contributed by atoms with E-state index in [-0.39, 0.29) is 0 Å². The second kappa shape index (κ2) is 7.35. The lowest BCUT2D eigenvalue weighted by molar-refractivity contribution is -0.922. The van der Waals surface area contributed by atoms with Gasteiger partial charge in [0.15, 0.2) is 5.82 Å². The summed E-state index contributed by atoms with van der Waals surface area (Å²) in [5.41, 5.74) is 4.46. The van der Waals surface area contributed by atoms with Crippen LogP contribution in [-0.4, -0.2) is 42.8 Å². The fraction of sp³-hybridized carbons (Fsp3) is 0.478. The first-order valence-electron chi connectivity index (χ1n) is 10.9. The van der Waals surface area contributed by atoms with E-state index in [1.165, 1.54) is 56.9 Å². The van der Waals surface area contributed by atoms with Crippen molar-refractivity contribution < 1.29 is 9.64 Å². The second-order valence-corrected chi connectivity index (χ2v) is 9.56. The van der Waals surface area contributed by atoms with Gasteiger partial charge in [0.1, 0.15) is 30.3 Å². The number of nitrogens with one attached hydrogen (secondary N) is 1. The normalized spacial score (nSPS) is 19.5. The van der Waals surface area contributed by atoms with Gasteiger partial charge >= 0.3 is 0 Å². The van der Waals surface area contributed by atoms with Crippen molar-refractivity contribution in [3.8, 4) is 0 Å². The van der Waals surface area contributed by atoms with Crippen molar-refractivity contribution in [2.24, 2.45) is 0 Å². The monoisotopic (exact) mass is 407 g/mol. The van der Waals surface area contributed by atoms with Gasteiger partial charge in [0.2, 0.25) is 0 Å². The van der Waals surface area contributed by atoms with Crippen LogP contribution >= 0.6 is 11.3 Å². The molecule has 0 atom stereocenters. The van der Waals surface area contributed by atoms with Gasteiger partial charge in [-0.3, -0.25) is 0 Å². The quantitative estimate of drug-likeness (QED) is 0.723. The number of fused-ring (bicyclic) bond motifs is 4. The Kier molecular flexibility index (Phi) is 4.51. The summed E-state index contributed by atoms with van der Waals surface area (Å²) in [5.74, 6) is 2.19. The summed E-state index contributed by atoms with van der Waals surface area (Å²) in [5, 5.41) is 1.35. The predicted molar refractivity (Wildman–Crippen MR) is 116 cm³/mol. The van der Waals surface area contributed by atoms with Crippen molar-refractivity contribution in [1.29, 1.82) is 0 Å². The first-order valence-corrected chi connectivity index (χ1v) is 11.7. The first kappa shape index (κ1) is 17.8. The van der Waals surface area contributed by atoms with Crippen LogP contribution in [0.5, 0.6) is 0 Å². The molecule has 0 unspecified atom stereocenters. The van der Waals surface area contributed by atoms with E-state index in [2.05, 4.69) is 29.2 Å². The summed E-state index contributed by atoms with van der Waals surface area (Å²) in [6, 6.07) is 8.87. The Bertz CT molecular complexity index is 1060. The average Bonchev–Trinajstić information content (AvgIpc) is 3.35. The maximum atomic E-state index is 5.53. The molecule has 2 aliphatic heterocycles. The zero-order valence-corrected chi connectivity index (χ0v) is 17.6. The zero-order valence-electron chi connectivity index (χ0n) is 16.7. The van der Waals surface area contributed by atoms with Gasteiger partial charge in [-0.15, -0.1) is 11.3 Å². The van der Waals surface area contributed by atoms with Crippen molar-refractivity contribution in [2.45, 2.75) is 38.8 Å². The molecule has 5 nitrogen and oxygen atoms in total. The number of morpholine rings is 1. The Morgan fingerprint density at radius 1 is 1.03 bits per heavy atom. The molecule has 0 saturated carbocycles. The van der Waals surface area contributed by atoms with E-state index in [0.717, 1.165) is 58.2 Å². The Labute approximate surface area is 175 Å². The number of aryl methyl sites for hydroxylation is 2. The highest BCUT2D eigenvalue weighted by Gasteiger charge is 2.27. The standard InChI is InChI=1S/C23H26N4OS/c1-2-5-17-14-27(9-8-16(17)4-1)22-21-18-6-3-7-19(18)29-23(21)25-20(24-22)15-26-10-12-28-13-11-26/h1-2,4-5H,3,6-15H2/p+1. The molecule has 29 heavy (non-hydrogen) atoms. The minimum atomic E-state index is 0.848. The number of nitrogens with zero attached hydrogens (tertiary/aromatic N) is 3. The Balaban J connectivity index is 1.41. The van der Waals surface area contributed by atoms with E-state index in [9.17, 15) is 0 Å². The highest BCUT2D eigenvalue weighted by molar-refractivity contribution is 7.19. The lowest BCUT2D eigenvalue weighted by atomic mass is 9.99. The Morgan fingerprint density at radius 2 is 1.90 bits per heavy atom. The molecular weight excluding hydrogens is 380 g/mol. The van der Waals surface area contributed by atoms with Gasteiger partial charge in [-0.2, -0.15) is 0 Å². The summed E-state index contributed by atoms with van der Waals surface area (Å²) in [6.07, 6.45) is 4.77. The van der Waals surface area contributed by atoms with Crippen LogP contribution in [0.2, 0.25) is 0 Å². The maximum Gasteiger partial charge on any atom is 0.187 e. The highest BCUT2D eigenvalue weighted by Crippen LogP contribution is 2.41. The molecule has 1 fully saturated rings. The Hall–Kier alpha value is -2.02. The molecule has 2 aromatic heterocycles. The third-order valence-electron chi connectivity index (χ3n) is 6.63. The molecular formula is C23H27N4OS+. The summed E-state index contributed by atoms with van der Waals surface area (Å²) in [7, 11) is 0. The number of hydrogen-bond donors (Lipinski definition) is 1. The predicted octanol–water partition coefficient (Wildman–Crippen LogP) is 2.16. The number of ether oxygens (including phenoxy) is 1. The molecule has 1 saturated heterocycles. The van der Waals surface area contributed by atoms with Crippen LogP contribution in [0, 0.1) is 0 Å². The number of hydrogen-bond acceptors (Lipinski definition) is 5. The molecule has 150 valence electrons. The van der Waals surface area contributed by atoms with Crippen molar-refractivity contribution >= 4 is 27.4 Å². The fourth-order valence-corrected chi connectivity index (χ4v) is 6.34. The molecule has 3 aliphatic rings. The smallest absolute Gasteiger partial charge is 0.187 e. The zero-order chi connectivity index (χ0) is 19.2. The van der Waals surface area contributed by atoms with Gasteiger partial charge in [-0.05, 0) is 42.4 Å². The van der Waals surface area contributed by atoms with Gasteiger partial charge in [-0.25, -0.2) is 9.97 Å². The minimum absolute atomic E-state index is 0.848. The molecule has 0 bridgehead atoms. The van der Waals surface area contributed by atoms with E-state index in [4.69, 9.17) is 14.7 Å².